The van der Waals surface area contributed by atoms with E-state index in [2.05, 4.69) is 15.4 Å². The number of nitrogens with zero attached hydrogens (tertiary/aromatic N) is 4. The number of methoxy groups -OCH3 is 1. The fraction of sp³-hybridized carbons (Fsp3) is 0.188. The van der Waals surface area contributed by atoms with Crippen molar-refractivity contribution in [2.45, 2.75) is 13.1 Å². The van der Waals surface area contributed by atoms with E-state index in [1.54, 1.807) is 0 Å². The Balaban J connectivity index is 1.98. The van der Waals surface area contributed by atoms with E-state index in [9.17, 15) is 28.1 Å². The third kappa shape index (κ3) is 3.56. The Morgan fingerprint density at radius 1 is 1.29 bits per heavy atom. The van der Waals surface area contributed by atoms with Crippen molar-refractivity contribution in [1.82, 2.24) is 14.6 Å². The number of nitro benzene ring substituents is 1. The van der Waals surface area contributed by atoms with Gasteiger partial charge in [-0.3, -0.25) is 14.9 Å². The van der Waals surface area contributed by atoms with E-state index < -0.39 is 22.7 Å². The molecule has 0 unspecified atom stereocenters. The Labute approximate surface area is 154 Å². The van der Waals surface area contributed by atoms with Crippen molar-refractivity contribution in [3.63, 3.8) is 0 Å². The van der Waals surface area contributed by atoms with E-state index >= 15 is 0 Å². The predicted octanol–water partition coefficient (Wildman–Crippen LogP) is 3.23. The lowest BCUT2D eigenvalue weighted by Gasteiger charge is -2.09. The summed E-state index contributed by atoms with van der Waals surface area (Å²) in [5.41, 5.74) is -1.57. The molecule has 9 nitrogen and oxygen atoms in total. The fourth-order valence-electron chi connectivity index (χ4n) is 2.50. The maximum Gasteiger partial charge on any atom is 0.433 e. The number of nitro groups is 1. The number of hydrogen-bond donors (Lipinski definition) is 1. The number of non-ortho nitro benzene ring substituents is 1. The first kappa shape index (κ1) is 19.1. The van der Waals surface area contributed by atoms with Gasteiger partial charge in [0.05, 0.1) is 23.8 Å². The van der Waals surface area contributed by atoms with Gasteiger partial charge in [-0.1, -0.05) is 0 Å². The average molecular weight is 395 g/mol. The molecule has 3 aromatic rings. The number of alkyl halides is 3. The first-order chi connectivity index (χ1) is 13.1. The molecule has 0 radical (unpaired) electrons. The van der Waals surface area contributed by atoms with Crippen LogP contribution in [0.4, 0.5) is 24.5 Å². The summed E-state index contributed by atoms with van der Waals surface area (Å²) in [6, 6.07) is 5.42. The highest BCUT2D eigenvalue weighted by Crippen LogP contribution is 2.31. The van der Waals surface area contributed by atoms with Crippen LogP contribution >= 0.6 is 0 Å². The SMILES string of the molecule is COc1cc([N+](=O)[O-])ccc1NC(=O)c1cc2nc(C)cc(C(F)(F)F)n2n1. The molecule has 3 rings (SSSR count). The van der Waals surface area contributed by atoms with Gasteiger partial charge < -0.3 is 10.1 Å². The minimum atomic E-state index is -4.69. The lowest BCUT2D eigenvalue weighted by atomic mass is 10.2. The van der Waals surface area contributed by atoms with Gasteiger partial charge in [0.15, 0.2) is 11.3 Å². The van der Waals surface area contributed by atoms with Gasteiger partial charge >= 0.3 is 6.18 Å². The molecule has 0 fully saturated rings. The molecular formula is C16H12F3N5O4. The summed E-state index contributed by atoms with van der Waals surface area (Å²) in [5, 5.41) is 16.9. The number of carbonyl (C=O) groups excluding carboxylic acids is 1. The Kier molecular flexibility index (Phi) is 4.63. The standard InChI is InChI=1S/C16H12F3N5O4/c1-8-5-13(16(17,18)19)23-14(20-8)7-11(22-23)15(25)21-10-4-3-9(24(26)27)6-12(10)28-2/h3-7H,1-2H3,(H,21,25). The number of aryl methyl sites for hydroxylation is 1. The molecule has 2 aromatic heterocycles. The zero-order valence-corrected chi connectivity index (χ0v) is 14.4. The molecule has 146 valence electrons. The molecule has 0 spiro atoms. The maximum absolute atomic E-state index is 13.2. The molecule has 0 saturated heterocycles. The van der Waals surface area contributed by atoms with E-state index in [1.165, 1.54) is 20.1 Å². The number of halogens is 3. The number of ether oxygens (including phenoxy) is 1. The number of benzene rings is 1. The number of aromatic nitrogens is 3. The molecule has 1 aromatic carbocycles. The Hall–Kier alpha value is -3.70. The first-order valence-electron chi connectivity index (χ1n) is 7.68. The number of rotatable bonds is 4. The van der Waals surface area contributed by atoms with Crippen molar-refractivity contribution in [1.29, 1.82) is 0 Å². The van der Waals surface area contributed by atoms with Crippen LogP contribution in [0.2, 0.25) is 0 Å². The van der Waals surface area contributed by atoms with Crippen molar-refractivity contribution >= 4 is 22.9 Å². The van der Waals surface area contributed by atoms with Gasteiger partial charge in [0.25, 0.3) is 11.6 Å². The quantitative estimate of drug-likeness (QED) is 0.536. The summed E-state index contributed by atoms with van der Waals surface area (Å²) in [6.45, 7) is 1.39. The van der Waals surface area contributed by atoms with Crippen LogP contribution in [0.25, 0.3) is 5.65 Å². The molecule has 0 aliphatic heterocycles. The molecule has 12 heteroatoms. The molecule has 1 N–H and O–H groups in total. The lowest BCUT2D eigenvalue weighted by molar-refractivity contribution is -0.384. The average Bonchev–Trinajstić information content (AvgIpc) is 3.04. The summed E-state index contributed by atoms with van der Waals surface area (Å²) in [7, 11) is 1.25. The van der Waals surface area contributed by atoms with Crippen LogP contribution < -0.4 is 10.1 Å². The van der Waals surface area contributed by atoms with E-state index in [0.717, 1.165) is 24.3 Å². The second-order valence-electron chi connectivity index (χ2n) is 5.68. The van der Waals surface area contributed by atoms with Gasteiger partial charge in [-0.05, 0) is 19.1 Å². The highest BCUT2D eigenvalue weighted by atomic mass is 19.4. The first-order valence-corrected chi connectivity index (χ1v) is 7.68. The van der Waals surface area contributed by atoms with Gasteiger partial charge in [0.2, 0.25) is 0 Å². The van der Waals surface area contributed by atoms with E-state index in [-0.39, 0.29) is 34.2 Å². The van der Waals surface area contributed by atoms with Crippen LogP contribution in [0, 0.1) is 17.0 Å². The van der Waals surface area contributed by atoms with E-state index in [0.29, 0.717) is 4.52 Å². The van der Waals surface area contributed by atoms with Gasteiger partial charge in [0, 0.05) is 17.8 Å². The van der Waals surface area contributed by atoms with Gasteiger partial charge in [-0.15, -0.1) is 0 Å². The summed E-state index contributed by atoms with van der Waals surface area (Å²) in [4.78, 5) is 26.6. The smallest absolute Gasteiger partial charge is 0.433 e. The molecule has 2 heterocycles. The van der Waals surface area contributed by atoms with Gasteiger partial charge in [0.1, 0.15) is 11.4 Å². The molecular weight excluding hydrogens is 383 g/mol. The maximum atomic E-state index is 13.2. The largest absolute Gasteiger partial charge is 0.494 e. The van der Waals surface area contributed by atoms with Crippen LogP contribution in [-0.4, -0.2) is 32.5 Å². The van der Waals surface area contributed by atoms with Crippen LogP contribution in [0.3, 0.4) is 0 Å². The molecule has 0 bridgehead atoms. The molecule has 0 atom stereocenters. The molecule has 0 aliphatic rings. The summed E-state index contributed by atoms with van der Waals surface area (Å²) in [6.07, 6.45) is -4.69. The Bertz CT molecular complexity index is 1090. The van der Waals surface area contributed by atoms with E-state index in [1.807, 2.05) is 0 Å². The minimum absolute atomic E-state index is 0.0104. The number of amides is 1. The monoisotopic (exact) mass is 395 g/mol. The Morgan fingerprint density at radius 3 is 2.61 bits per heavy atom. The number of hydrogen-bond acceptors (Lipinski definition) is 6. The third-order valence-electron chi connectivity index (χ3n) is 3.72. The topological polar surface area (TPSA) is 112 Å². The van der Waals surface area contributed by atoms with Crippen molar-refractivity contribution in [3.05, 3.63) is 57.5 Å². The Morgan fingerprint density at radius 2 is 2.00 bits per heavy atom. The van der Waals surface area contributed by atoms with Gasteiger partial charge in [-0.25, -0.2) is 9.50 Å². The predicted molar refractivity (Wildman–Crippen MR) is 90.3 cm³/mol. The van der Waals surface area contributed by atoms with Crippen molar-refractivity contribution < 1.29 is 27.6 Å². The fourth-order valence-corrected chi connectivity index (χ4v) is 2.50. The highest BCUT2D eigenvalue weighted by molar-refractivity contribution is 6.04. The zero-order valence-electron chi connectivity index (χ0n) is 14.4. The highest BCUT2D eigenvalue weighted by Gasteiger charge is 2.35. The van der Waals surface area contributed by atoms with Crippen molar-refractivity contribution in [2.75, 3.05) is 12.4 Å². The normalized spacial score (nSPS) is 11.5. The van der Waals surface area contributed by atoms with Crippen molar-refractivity contribution in [2.24, 2.45) is 0 Å². The van der Waals surface area contributed by atoms with Crippen LogP contribution in [0.15, 0.2) is 30.3 Å². The second-order valence-corrected chi connectivity index (χ2v) is 5.68. The lowest BCUT2D eigenvalue weighted by Crippen LogP contribution is -2.16. The van der Waals surface area contributed by atoms with Gasteiger partial charge in [-0.2, -0.15) is 18.3 Å². The molecule has 0 aliphatic carbocycles. The number of nitrogens with one attached hydrogen (secondary N) is 1. The summed E-state index contributed by atoms with van der Waals surface area (Å²) < 4.78 is 45.1. The third-order valence-corrected chi connectivity index (χ3v) is 3.72. The number of fused-ring (bicyclic) bond motifs is 1. The van der Waals surface area contributed by atoms with Crippen LogP contribution in [0.1, 0.15) is 21.9 Å². The van der Waals surface area contributed by atoms with Crippen LogP contribution in [-0.2, 0) is 6.18 Å². The number of anilines is 1. The zero-order chi connectivity index (χ0) is 20.6. The molecule has 1 amide bonds. The summed E-state index contributed by atoms with van der Waals surface area (Å²) in [5.74, 6) is -0.820. The number of carbonyl (C=O) groups is 1. The molecule has 28 heavy (non-hydrogen) atoms. The second kappa shape index (κ2) is 6.79. The minimum Gasteiger partial charge on any atom is -0.494 e. The van der Waals surface area contributed by atoms with E-state index in [4.69, 9.17) is 4.74 Å². The molecule has 0 saturated carbocycles. The summed E-state index contributed by atoms with van der Waals surface area (Å²) >= 11 is 0. The van der Waals surface area contributed by atoms with Crippen molar-refractivity contribution in [3.8, 4) is 5.75 Å². The van der Waals surface area contributed by atoms with Crippen LogP contribution in [0.5, 0.6) is 5.75 Å².